The van der Waals surface area contributed by atoms with Gasteiger partial charge in [-0.1, -0.05) is 11.6 Å². The number of nitriles is 1. The van der Waals surface area contributed by atoms with E-state index in [2.05, 4.69) is 15.4 Å². The molecule has 2 amide bonds. The van der Waals surface area contributed by atoms with Crippen LogP contribution in [-0.4, -0.2) is 58.4 Å². The van der Waals surface area contributed by atoms with Crippen molar-refractivity contribution in [2.75, 3.05) is 26.0 Å². The second-order valence-corrected chi connectivity index (χ2v) is 7.88. The Balaban J connectivity index is 2.08. The van der Waals surface area contributed by atoms with E-state index in [0.29, 0.717) is 5.56 Å². The van der Waals surface area contributed by atoms with Gasteiger partial charge < -0.3 is 15.0 Å². The molecule has 182 valence electrons. The molecule has 0 unspecified atom stereocenters. The van der Waals surface area contributed by atoms with E-state index in [4.69, 9.17) is 16.3 Å². The summed E-state index contributed by atoms with van der Waals surface area (Å²) in [5.74, 6) is -1.82. The first-order chi connectivity index (χ1) is 16.4. The maximum Gasteiger partial charge on any atom is 0.422 e. The van der Waals surface area contributed by atoms with Gasteiger partial charge in [0.25, 0.3) is 11.8 Å². The molecule has 1 N–H and O–H groups in total. The van der Waals surface area contributed by atoms with Gasteiger partial charge in [0.2, 0.25) is 5.88 Å². The number of pyridine rings is 1. The normalized spacial score (nSPS) is 11.0. The molecule has 13 heteroatoms. The van der Waals surface area contributed by atoms with E-state index in [-0.39, 0.29) is 33.3 Å². The predicted molar refractivity (Wildman–Crippen MR) is 120 cm³/mol. The number of rotatable bonds is 6. The highest BCUT2D eigenvalue weighted by atomic mass is 35.5. The van der Waals surface area contributed by atoms with E-state index < -0.39 is 30.5 Å². The monoisotopic (exact) mass is 506 g/mol. The highest BCUT2D eigenvalue weighted by molar-refractivity contribution is 6.32. The quantitative estimate of drug-likeness (QED) is 0.541. The zero-order valence-corrected chi connectivity index (χ0v) is 19.4. The van der Waals surface area contributed by atoms with Crippen LogP contribution in [0.1, 0.15) is 32.0 Å². The summed E-state index contributed by atoms with van der Waals surface area (Å²) in [4.78, 5) is 31.3. The van der Waals surface area contributed by atoms with Crippen molar-refractivity contribution < 1.29 is 27.5 Å². The Morgan fingerprint density at radius 1 is 1.29 bits per heavy atom. The number of hydrogen-bond donors (Lipinski definition) is 1. The Morgan fingerprint density at radius 3 is 2.60 bits per heavy atom. The number of amides is 2. The molecule has 0 saturated carbocycles. The Kier molecular flexibility index (Phi) is 7.31. The number of anilines is 1. The smallest absolute Gasteiger partial charge is 0.422 e. The largest absolute Gasteiger partial charge is 0.467 e. The highest BCUT2D eigenvalue weighted by Crippen LogP contribution is 2.27. The van der Waals surface area contributed by atoms with Gasteiger partial charge in [-0.05, 0) is 36.8 Å². The number of ether oxygens (including phenoxy) is 1. The van der Waals surface area contributed by atoms with Crippen LogP contribution in [0.2, 0.25) is 5.02 Å². The van der Waals surface area contributed by atoms with Crippen LogP contribution >= 0.6 is 11.6 Å². The molecular formula is C22H18ClF3N6O3. The maximum absolute atomic E-state index is 13.3. The van der Waals surface area contributed by atoms with Crippen molar-refractivity contribution in [1.82, 2.24) is 19.7 Å². The molecule has 0 aliphatic heterocycles. The van der Waals surface area contributed by atoms with Crippen LogP contribution in [-0.2, 0) is 0 Å². The van der Waals surface area contributed by atoms with Gasteiger partial charge >= 0.3 is 6.18 Å². The molecule has 0 saturated heterocycles. The maximum atomic E-state index is 13.3. The molecule has 0 aliphatic rings. The van der Waals surface area contributed by atoms with Crippen molar-refractivity contribution in [3.63, 3.8) is 0 Å². The number of aryl methyl sites for hydroxylation is 1. The summed E-state index contributed by atoms with van der Waals surface area (Å²) >= 11 is 6.16. The van der Waals surface area contributed by atoms with Crippen LogP contribution in [0.5, 0.6) is 5.88 Å². The van der Waals surface area contributed by atoms with Gasteiger partial charge in [-0.25, -0.2) is 9.67 Å². The van der Waals surface area contributed by atoms with Gasteiger partial charge in [0.15, 0.2) is 12.4 Å². The lowest BCUT2D eigenvalue weighted by atomic mass is 10.0. The molecule has 1 aromatic carbocycles. The summed E-state index contributed by atoms with van der Waals surface area (Å²) < 4.78 is 43.6. The van der Waals surface area contributed by atoms with Crippen molar-refractivity contribution >= 4 is 29.1 Å². The molecule has 2 heterocycles. The molecule has 0 aliphatic carbocycles. The number of alkyl halides is 3. The Bertz CT molecular complexity index is 1330. The zero-order valence-electron chi connectivity index (χ0n) is 18.6. The number of aromatic nitrogens is 3. The molecule has 0 fully saturated rings. The van der Waals surface area contributed by atoms with Crippen molar-refractivity contribution in [3.05, 3.63) is 63.9 Å². The first-order valence-corrected chi connectivity index (χ1v) is 10.3. The number of benzene rings is 1. The zero-order chi connectivity index (χ0) is 25.9. The van der Waals surface area contributed by atoms with Crippen LogP contribution < -0.4 is 10.1 Å². The average molecular weight is 507 g/mol. The first-order valence-electron chi connectivity index (χ1n) is 9.89. The van der Waals surface area contributed by atoms with E-state index >= 15 is 0 Å². The average Bonchev–Trinajstić information content (AvgIpc) is 3.22. The first kappa shape index (κ1) is 25.5. The molecule has 35 heavy (non-hydrogen) atoms. The number of nitrogens with one attached hydrogen (secondary N) is 1. The second-order valence-electron chi connectivity index (χ2n) is 7.47. The fourth-order valence-electron chi connectivity index (χ4n) is 3.05. The minimum Gasteiger partial charge on any atom is -0.467 e. The molecule has 3 aromatic rings. The van der Waals surface area contributed by atoms with Crippen molar-refractivity contribution in [1.29, 1.82) is 5.26 Å². The lowest BCUT2D eigenvalue weighted by molar-refractivity contribution is -0.154. The van der Waals surface area contributed by atoms with Crippen LogP contribution in [0.3, 0.4) is 0 Å². The van der Waals surface area contributed by atoms with Gasteiger partial charge in [-0.3, -0.25) is 9.59 Å². The molecule has 9 nitrogen and oxygen atoms in total. The highest BCUT2D eigenvalue weighted by Gasteiger charge is 2.30. The summed E-state index contributed by atoms with van der Waals surface area (Å²) in [5, 5.41) is 15.8. The minimum absolute atomic E-state index is 0.0256. The fourth-order valence-corrected chi connectivity index (χ4v) is 3.25. The molecule has 0 radical (unpaired) electrons. The lowest BCUT2D eigenvalue weighted by Gasteiger charge is -2.17. The van der Waals surface area contributed by atoms with Gasteiger partial charge in [-0.15, -0.1) is 5.10 Å². The molecule has 3 rings (SSSR count). The third-order valence-corrected chi connectivity index (χ3v) is 4.88. The van der Waals surface area contributed by atoms with Crippen molar-refractivity contribution in [2.45, 2.75) is 13.1 Å². The van der Waals surface area contributed by atoms with Crippen LogP contribution in [0, 0.1) is 18.3 Å². The van der Waals surface area contributed by atoms with Crippen LogP contribution in [0.15, 0.2) is 36.5 Å². The lowest BCUT2D eigenvalue weighted by Crippen LogP contribution is -2.25. The Hall–Kier alpha value is -4.11. The van der Waals surface area contributed by atoms with Crippen LogP contribution in [0.25, 0.3) is 5.82 Å². The summed E-state index contributed by atoms with van der Waals surface area (Å²) in [6, 6.07) is 8.74. The SMILES string of the molecule is Cc1cc(C#N)cc(C(=O)N(C)C)c1NC(=O)c1cc(OCC(F)(F)F)nn1-c1ncccc1Cl. The van der Waals surface area contributed by atoms with E-state index in [1.54, 1.807) is 6.92 Å². The summed E-state index contributed by atoms with van der Waals surface area (Å²) in [5.41, 5.74) is 0.535. The standard InChI is InChI=1S/C22H18ClF3N6O3/c1-12-7-13(10-27)8-14(21(34)31(2)3)18(12)29-20(33)16-9-17(35-11-22(24,25)26)30-32(16)19-15(23)5-4-6-28-19/h4-9H,11H2,1-3H3,(H,29,33). The predicted octanol–water partition coefficient (Wildman–Crippen LogP) is 4.00. The Labute approximate surface area is 202 Å². The molecule has 0 spiro atoms. The van der Waals surface area contributed by atoms with E-state index in [9.17, 15) is 28.0 Å². The number of carbonyl (C=O) groups is 2. The molecule has 2 aromatic heterocycles. The second kappa shape index (κ2) is 10.0. The number of hydrogen-bond acceptors (Lipinski definition) is 6. The van der Waals surface area contributed by atoms with E-state index in [1.165, 1.54) is 49.5 Å². The number of halogens is 4. The number of carbonyl (C=O) groups excluding carboxylic acids is 2. The minimum atomic E-state index is -4.63. The molecule has 0 bridgehead atoms. The fraction of sp³-hybridized carbons (Fsp3) is 0.227. The van der Waals surface area contributed by atoms with Gasteiger partial charge in [0.1, 0.15) is 5.69 Å². The third-order valence-electron chi connectivity index (χ3n) is 4.58. The topological polar surface area (TPSA) is 113 Å². The van der Waals surface area contributed by atoms with E-state index in [0.717, 1.165) is 10.7 Å². The van der Waals surface area contributed by atoms with Crippen molar-refractivity contribution in [3.8, 4) is 17.8 Å². The third kappa shape index (κ3) is 5.88. The molecule has 0 atom stereocenters. The number of nitrogens with zero attached hydrogens (tertiary/aromatic N) is 5. The van der Waals surface area contributed by atoms with Gasteiger partial charge in [-0.2, -0.15) is 18.4 Å². The summed E-state index contributed by atoms with van der Waals surface area (Å²) in [7, 11) is 3.01. The van der Waals surface area contributed by atoms with Gasteiger partial charge in [0, 0.05) is 26.4 Å². The summed E-state index contributed by atoms with van der Waals surface area (Å²) in [6.45, 7) is -0.0368. The van der Waals surface area contributed by atoms with Crippen LogP contribution in [0.4, 0.5) is 18.9 Å². The van der Waals surface area contributed by atoms with Gasteiger partial charge in [0.05, 0.1) is 27.9 Å². The Morgan fingerprint density at radius 2 is 2.00 bits per heavy atom. The van der Waals surface area contributed by atoms with Crippen molar-refractivity contribution in [2.24, 2.45) is 0 Å². The molecular weight excluding hydrogens is 489 g/mol. The summed E-state index contributed by atoms with van der Waals surface area (Å²) in [6.07, 6.45) is -3.27. The van der Waals surface area contributed by atoms with E-state index in [1.807, 2.05) is 6.07 Å².